The van der Waals surface area contributed by atoms with Crippen LogP contribution < -0.4 is 5.32 Å². The largest absolute Gasteiger partial charge is 0.382 e. The second-order valence-electron chi connectivity index (χ2n) is 3.64. The van der Waals surface area contributed by atoms with Gasteiger partial charge in [0.25, 0.3) is 0 Å². The van der Waals surface area contributed by atoms with Crippen molar-refractivity contribution in [3.05, 3.63) is 12.4 Å². The SMILES string of the molecule is CC1(CNc2cn[nH]c2)COC1. The van der Waals surface area contributed by atoms with Gasteiger partial charge in [0.1, 0.15) is 0 Å². The highest BCUT2D eigenvalue weighted by molar-refractivity contribution is 5.37. The maximum Gasteiger partial charge on any atom is 0.0723 e. The van der Waals surface area contributed by atoms with Crippen LogP contribution in [0.1, 0.15) is 6.92 Å². The zero-order chi connectivity index (χ0) is 8.44. The van der Waals surface area contributed by atoms with Crippen molar-refractivity contribution in [1.82, 2.24) is 10.2 Å². The smallest absolute Gasteiger partial charge is 0.0723 e. The maximum atomic E-state index is 5.14. The molecule has 2 N–H and O–H groups in total. The van der Waals surface area contributed by atoms with E-state index in [0.29, 0.717) is 5.41 Å². The quantitative estimate of drug-likeness (QED) is 0.702. The van der Waals surface area contributed by atoms with Gasteiger partial charge in [0, 0.05) is 18.2 Å². The Morgan fingerprint density at radius 1 is 1.75 bits per heavy atom. The first-order valence-electron chi connectivity index (χ1n) is 4.09. The minimum atomic E-state index is 0.317. The van der Waals surface area contributed by atoms with Crippen LogP contribution in [0.4, 0.5) is 5.69 Å². The Morgan fingerprint density at radius 3 is 3.08 bits per heavy atom. The van der Waals surface area contributed by atoms with Gasteiger partial charge in [-0.1, -0.05) is 6.92 Å². The van der Waals surface area contributed by atoms with Crippen LogP contribution in [-0.2, 0) is 4.74 Å². The van der Waals surface area contributed by atoms with Crippen LogP contribution in [0.2, 0.25) is 0 Å². The second-order valence-corrected chi connectivity index (χ2v) is 3.64. The van der Waals surface area contributed by atoms with Crippen LogP contribution in [0.5, 0.6) is 0 Å². The number of anilines is 1. The van der Waals surface area contributed by atoms with Crippen molar-refractivity contribution in [2.75, 3.05) is 25.1 Å². The topological polar surface area (TPSA) is 49.9 Å². The van der Waals surface area contributed by atoms with E-state index in [4.69, 9.17) is 4.74 Å². The molecule has 1 aliphatic heterocycles. The molecule has 0 amide bonds. The molecule has 1 aromatic rings. The third-order valence-electron chi connectivity index (χ3n) is 2.12. The highest BCUT2D eigenvalue weighted by Crippen LogP contribution is 2.26. The van der Waals surface area contributed by atoms with E-state index in [0.717, 1.165) is 25.4 Å². The molecule has 0 radical (unpaired) electrons. The average molecular weight is 167 g/mol. The number of aromatic nitrogens is 2. The van der Waals surface area contributed by atoms with Gasteiger partial charge in [0.15, 0.2) is 0 Å². The highest BCUT2D eigenvalue weighted by atomic mass is 16.5. The Balaban J connectivity index is 1.82. The van der Waals surface area contributed by atoms with Crippen LogP contribution >= 0.6 is 0 Å². The fourth-order valence-corrected chi connectivity index (χ4v) is 1.22. The lowest BCUT2D eigenvalue weighted by Crippen LogP contribution is -2.45. The number of nitrogens with zero attached hydrogens (tertiary/aromatic N) is 1. The molecule has 4 nitrogen and oxygen atoms in total. The first-order valence-corrected chi connectivity index (χ1v) is 4.09. The zero-order valence-electron chi connectivity index (χ0n) is 7.13. The number of hydrogen-bond donors (Lipinski definition) is 2. The monoisotopic (exact) mass is 167 g/mol. The Bertz CT molecular complexity index is 241. The fourth-order valence-electron chi connectivity index (χ4n) is 1.22. The van der Waals surface area contributed by atoms with E-state index in [2.05, 4.69) is 22.4 Å². The van der Waals surface area contributed by atoms with Crippen molar-refractivity contribution < 1.29 is 4.74 Å². The van der Waals surface area contributed by atoms with Crippen molar-refractivity contribution in [1.29, 1.82) is 0 Å². The van der Waals surface area contributed by atoms with Gasteiger partial charge < -0.3 is 10.1 Å². The molecule has 1 aliphatic rings. The van der Waals surface area contributed by atoms with E-state index >= 15 is 0 Å². The molecule has 2 heterocycles. The molecule has 1 fully saturated rings. The third kappa shape index (κ3) is 1.43. The van der Waals surface area contributed by atoms with Crippen LogP contribution in [0.25, 0.3) is 0 Å². The maximum absolute atomic E-state index is 5.14. The van der Waals surface area contributed by atoms with E-state index in [1.165, 1.54) is 0 Å². The lowest BCUT2D eigenvalue weighted by molar-refractivity contribution is -0.0924. The minimum absolute atomic E-state index is 0.317. The van der Waals surface area contributed by atoms with E-state index in [1.54, 1.807) is 6.20 Å². The molecule has 0 saturated carbocycles. The lowest BCUT2D eigenvalue weighted by atomic mass is 9.89. The molecule has 4 heteroatoms. The molecule has 0 aromatic carbocycles. The van der Waals surface area contributed by atoms with Crippen molar-refractivity contribution >= 4 is 5.69 Å². The molecule has 0 unspecified atom stereocenters. The normalized spacial score (nSPS) is 20.1. The summed E-state index contributed by atoms with van der Waals surface area (Å²) in [5.74, 6) is 0. The molecule has 0 bridgehead atoms. The van der Waals surface area contributed by atoms with Crippen LogP contribution in [0.15, 0.2) is 12.4 Å². The number of H-pyrrole nitrogens is 1. The third-order valence-corrected chi connectivity index (χ3v) is 2.12. The van der Waals surface area contributed by atoms with Gasteiger partial charge in [0.05, 0.1) is 25.1 Å². The summed E-state index contributed by atoms with van der Waals surface area (Å²) in [5.41, 5.74) is 1.36. The lowest BCUT2D eigenvalue weighted by Gasteiger charge is -2.38. The van der Waals surface area contributed by atoms with Crippen LogP contribution in [-0.4, -0.2) is 30.0 Å². The molecule has 0 spiro atoms. The number of aromatic amines is 1. The number of nitrogens with one attached hydrogen (secondary N) is 2. The molecule has 12 heavy (non-hydrogen) atoms. The predicted octanol–water partition coefficient (Wildman–Crippen LogP) is 0.858. The molecule has 0 atom stereocenters. The molecule has 66 valence electrons. The summed E-state index contributed by atoms with van der Waals surface area (Å²) in [6.07, 6.45) is 3.63. The van der Waals surface area contributed by atoms with E-state index in [-0.39, 0.29) is 0 Å². The van der Waals surface area contributed by atoms with Gasteiger partial charge in [-0.05, 0) is 0 Å². The van der Waals surface area contributed by atoms with Gasteiger partial charge in [-0.25, -0.2) is 0 Å². The molecular weight excluding hydrogens is 154 g/mol. The average Bonchev–Trinajstić information content (AvgIpc) is 2.49. The van der Waals surface area contributed by atoms with Crippen molar-refractivity contribution in [3.63, 3.8) is 0 Å². The van der Waals surface area contributed by atoms with Crippen molar-refractivity contribution in [2.45, 2.75) is 6.92 Å². The molecule has 1 aromatic heterocycles. The summed E-state index contributed by atoms with van der Waals surface area (Å²) in [4.78, 5) is 0. The fraction of sp³-hybridized carbons (Fsp3) is 0.625. The molecule has 0 aliphatic carbocycles. The Morgan fingerprint density at radius 2 is 2.58 bits per heavy atom. The van der Waals surface area contributed by atoms with E-state index in [1.807, 2.05) is 6.20 Å². The summed E-state index contributed by atoms with van der Waals surface area (Å²) in [7, 11) is 0. The Kier molecular flexibility index (Phi) is 1.77. The number of hydrogen-bond acceptors (Lipinski definition) is 3. The Labute approximate surface area is 71.3 Å². The van der Waals surface area contributed by atoms with Gasteiger partial charge in [-0.15, -0.1) is 0 Å². The predicted molar refractivity (Wildman–Crippen MR) is 46.0 cm³/mol. The summed E-state index contributed by atoms with van der Waals surface area (Å²) in [6.45, 7) is 4.88. The van der Waals surface area contributed by atoms with E-state index < -0.39 is 0 Å². The van der Waals surface area contributed by atoms with Crippen LogP contribution in [0, 0.1) is 5.41 Å². The summed E-state index contributed by atoms with van der Waals surface area (Å²) >= 11 is 0. The highest BCUT2D eigenvalue weighted by Gasteiger charge is 2.32. The van der Waals surface area contributed by atoms with Gasteiger partial charge >= 0.3 is 0 Å². The Hall–Kier alpha value is -1.03. The summed E-state index contributed by atoms with van der Waals surface area (Å²) < 4.78 is 5.14. The molecule has 2 rings (SSSR count). The van der Waals surface area contributed by atoms with Gasteiger partial charge in [-0.3, -0.25) is 5.10 Å². The van der Waals surface area contributed by atoms with Crippen LogP contribution in [0.3, 0.4) is 0 Å². The van der Waals surface area contributed by atoms with Crippen molar-refractivity contribution in [2.24, 2.45) is 5.41 Å². The molecular formula is C8H13N3O. The number of ether oxygens (including phenoxy) is 1. The standard InChI is InChI=1S/C8H13N3O/c1-8(5-12-6-8)4-9-7-2-10-11-3-7/h2-3,9H,4-6H2,1H3,(H,10,11). The first-order chi connectivity index (χ1) is 5.79. The summed E-state index contributed by atoms with van der Waals surface area (Å²) in [6, 6.07) is 0. The zero-order valence-corrected chi connectivity index (χ0v) is 7.13. The van der Waals surface area contributed by atoms with Crippen molar-refractivity contribution in [3.8, 4) is 0 Å². The van der Waals surface area contributed by atoms with Gasteiger partial charge in [0.2, 0.25) is 0 Å². The first kappa shape index (κ1) is 7.61. The minimum Gasteiger partial charge on any atom is -0.382 e. The number of rotatable bonds is 3. The van der Waals surface area contributed by atoms with E-state index in [9.17, 15) is 0 Å². The summed E-state index contributed by atoms with van der Waals surface area (Å²) in [5, 5.41) is 9.90. The van der Waals surface area contributed by atoms with Gasteiger partial charge in [-0.2, -0.15) is 5.10 Å². The second kappa shape index (κ2) is 2.79. The molecule has 1 saturated heterocycles.